The lowest BCUT2D eigenvalue weighted by Gasteiger charge is -2.09. The van der Waals surface area contributed by atoms with Crippen LogP contribution in [0.25, 0.3) is 10.9 Å². The number of nitrogens with zero attached hydrogens (tertiary/aromatic N) is 2. The molecular weight excluding hydrogens is 257 g/mol. The number of para-hydroxylation sites is 1. The first-order valence-electron chi connectivity index (χ1n) is 6.14. The van der Waals surface area contributed by atoms with Gasteiger partial charge in [-0.1, -0.05) is 18.2 Å². The largest absolute Gasteiger partial charge is 0.438 e. The van der Waals surface area contributed by atoms with E-state index in [-0.39, 0.29) is 5.82 Å². The van der Waals surface area contributed by atoms with Crippen molar-refractivity contribution in [3.05, 3.63) is 54.3 Å². The highest BCUT2D eigenvalue weighted by molar-refractivity contribution is 5.84. The molecule has 0 unspecified atom stereocenters. The average molecular weight is 269 g/mol. The maximum Gasteiger partial charge on any atom is 0.231 e. The highest BCUT2D eigenvalue weighted by atomic mass is 19.1. The van der Waals surface area contributed by atoms with E-state index < -0.39 is 0 Å². The molecule has 0 saturated heterocycles. The van der Waals surface area contributed by atoms with Gasteiger partial charge in [0.25, 0.3) is 0 Å². The molecule has 5 heteroatoms. The summed E-state index contributed by atoms with van der Waals surface area (Å²) in [4.78, 5) is 8.61. The molecule has 0 bridgehead atoms. The Labute approximate surface area is 115 Å². The van der Waals surface area contributed by atoms with Crippen LogP contribution in [0.4, 0.5) is 10.3 Å². The number of ether oxygens (including phenoxy) is 1. The van der Waals surface area contributed by atoms with Crippen molar-refractivity contribution in [3.63, 3.8) is 0 Å². The van der Waals surface area contributed by atoms with Crippen LogP contribution in [0.15, 0.2) is 48.5 Å². The van der Waals surface area contributed by atoms with Crippen molar-refractivity contribution >= 4 is 16.9 Å². The van der Waals surface area contributed by atoms with Gasteiger partial charge in [0.1, 0.15) is 11.6 Å². The molecule has 4 nitrogen and oxygen atoms in total. The topological polar surface area (TPSA) is 47.0 Å². The zero-order valence-electron chi connectivity index (χ0n) is 10.8. The molecule has 1 aromatic heterocycles. The number of benzene rings is 2. The fourth-order valence-corrected chi connectivity index (χ4v) is 1.88. The molecule has 2 aromatic carbocycles. The van der Waals surface area contributed by atoms with Crippen molar-refractivity contribution in [2.24, 2.45) is 0 Å². The Kier molecular flexibility index (Phi) is 3.16. The molecule has 20 heavy (non-hydrogen) atoms. The van der Waals surface area contributed by atoms with E-state index in [0.717, 1.165) is 10.9 Å². The zero-order chi connectivity index (χ0) is 13.9. The highest BCUT2D eigenvalue weighted by Gasteiger charge is 2.09. The lowest BCUT2D eigenvalue weighted by atomic mass is 10.2. The Balaban J connectivity index is 2.10. The predicted molar refractivity (Wildman–Crippen MR) is 75.6 cm³/mol. The van der Waals surface area contributed by atoms with Crippen molar-refractivity contribution in [1.82, 2.24) is 9.97 Å². The highest BCUT2D eigenvalue weighted by Crippen LogP contribution is 2.28. The van der Waals surface area contributed by atoms with Crippen LogP contribution < -0.4 is 10.1 Å². The van der Waals surface area contributed by atoms with E-state index >= 15 is 0 Å². The molecule has 1 heterocycles. The third-order valence-corrected chi connectivity index (χ3v) is 2.80. The van der Waals surface area contributed by atoms with E-state index in [1.54, 1.807) is 19.2 Å². The van der Waals surface area contributed by atoms with Crippen LogP contribution in [0.1, 0.15) is 0 Å². The molecule has 0 aliphatic rings. The second-order valence-electron chi connectivity index (χ2n) is 4.18. The third kappa shape index (κ3) is 2.38. The Morgan fingerprint density at radius 3 is 2.70 bits per heavy atom. The summed E-state index contributed by atoms with van der Waals surface area (Å²) in [6, 6.07) is 13.5. The molecule has 0 fully saturated rings. The summed E-state index contributed by atoms with van der Waals surface area (Å²) in [6.07, 6.45) is 0. The summed E-state index contributed by atoms with van der Waals surface area (Å²) in [6.45, 7) is 0. The third-order valence-electron chi connectivity index (χ3n) is 2.80. The molecule has 0 aliphatic carbocycles. The number of anilines is 1. The molecule has 0 spiro atoms. The van der Waals surface area contributed by atoms with Crippen LogP contribution in [-0.2, 0) is 0 Å². The number of hydrogen-bond acceptors (Lipinski definition) is 4. The first kappa shape index (κ1) is 12.3. The lowest BCUT2D eigenvalue weighted by molar-refractivity contribution is 0.464. The standard InChI is InChI=1S/C15H12FN3O/c1-17-15-18-13-8-3-2-7-12(13)14(19-15)20-11-6-4-5-10(16)9-11/h2-9H,1H3,(H,17,18,19). The molecule has 1 N–H and O–H groups in total. The minimum Gasteiger partial charge on any atom is -0.438 e. The number of aromatic nitrogens is 2. The first-order chi connectivity index (χ1) is 9.76. The second-order valence-corrected chi connectivity index (χ2v) is 4.18. The predicted octanol–water partition coefficient (Wildman–Crippen LogP) is 3.60. The van der Waals surface area contributed by atoms with E-state index in [4.69, 9.17) is 4.74 Å². The van der Waals surface area contributed by atoms with Gasteiger partial charge < -0.3 is 10.1 Å². The van der Waals surface area contributed by atoms with Crippen LogP contribution in [-0.4, -0.2) is 17.0 Å². The van der Waals surface area contributed by atoms with Crippen LogP contribution in [0.3, 0.4) is 0 Å². The van der Waals surface area contributed by atoms with Gasteiger partial charge in [-0.2, -0.15) is 4.98 Å². The van der Waals surface area contributed by atoms with Gasteiger partial charge in [0, 0.05) is 13.1 Å². The number of nitrogens with one attached hydrogen (secondary N) is 1. The Morgan fingerprint density at radius 1 is 1.05 bits per heavy atom. The van der Waals surface area contributed by atoms with Gasteiger partial charge >= 0.3 is 0 Å². The van der Waals surface area contributed by atoms with Gasteiger partial charge in [-0.15, -0.1) is 0 Å². The van der Waals surface area contributed by atoms with Crippen molar-refractivity contribution in [3.8, 4) is 11.6 Å². The van der Waals surface area contributed by atoms with Gasteiger partial charge in [0.05, 0.1) is 10.9 Å². The first-order valence-corrected chi connectivity index (χ1v) is 6.14. The number of fused-ring (bicyclic) bond motifs is 1. The van der Waals surface area contributed by atoms with Crippen molar-refractivity contribution in [2.75, 3.05) is 12.4 Å². The van der Waals surface area contributed by atoms with Crippen LogP contribution in [0.5, 0.6) is 11.6 Å². The van der Waals surface area contributed by atoms with Crippen LogP contribution >= 0.6 is 0 Å². The van der Waals surface area contributed by atoms with Gasteiger partial charge in [0.2, 0.25) is 11.8 Å². The fourth-order valence-electron chi connectivity index (χ4n) is 1.88. The minimum absolute atomic E-state index is 0.352. The summed E-state index contributed by atoms with van der Waals surface area (Å²) in [5.74, 6) is 0.895. The van der Waals surface area contributed by atoms with E-state index in [0.29, 0.717) is 17.6 Å². The molecule has 0 atom stereocenters. The maximum atomic E-state index is 13.2. The molecule has 3 aromatic rings. The van der Waals surface area contributed by atoms with Gasteiger partial charge in [-0.05, 0) is 24.3 Å². The van der Waals surface area contributed by atoms with Gasteiger partial charge in [-0.25, -0.2) is 9.37 Å². The summed E-state index contributed by atoms with van der Waals surface area (Å²) in [7, 11) is 1.73. The second kappa shape index (κ2) is 5.13. The smallest absolute Gasteiger partial charge is 0.231 e. The molecule has 0 aliphatic heterocycles. The average Bonchev–Trinajstić information content (AvgIpc) is 2.47. The summed E-state index contributed by atoms with van der Waals surface area (Å²) >= 11 is 0. The number of halogens is 1. The van der Waals surface area contributed by atoms with Crippen molar-refractivity contribution < 1.29 is 9.13 Å². The SMILES string of the molecule is CNc1nc(Oc2cccc(F)c2)c2ccccc2n1. The Bertz CT molecular complexity index is 761. The monoisotopic (exact) mass is 269 g/mol. The summed E-state index contributed by atoms with van der Waals surface area (Å²) < 4.78 is 18.9. The Hall–Kier alpha value is -2.69. The summed E-state index contributed by atoms with van der Waals surface area (Å²) in [5, 5.41) is 3.65. The molecule has 0 radical (unpaired) electrons. The Morgan fingerprint density at radius 2 is 1.90 bits per heavy atom. The zero-order valence-corrected chi connectivity index (χ0v) is 10.8. The normalized spacial score (nSPS) is 10.5. The van der Waals surface area contributed by atoms with E-state index in [9.17, 15) is 4.39 Å². The van der Waals surface area contributed by atoms with Crippen LogP contribution in [0, 0.1) is 5.82 Å². The molecular formula is C15H12FN3O. The van der Waals surface area contributed by atoms with E-state index in [2.05, 4.69) is 15.3 Å². The number of hydrogen-bond donors (Lipinski definition) is 1. The molecule has 100 valence electrons. The van der Waals surface area contributed by atoms with Crippen LogP contribution in [0.2, 0.25) is 0 Å². The van der Waals surface area contributed by atoms with Gasteiger partial charge in [-0.3, -0.25) is 0 Å². The summed E-state index contributed by atoms with van der Waals surface area (Å²) in [5.41, 5.74) is 0.762. The molecule has 0 saturated carbocycles. The van der Waals surface area contributed by atoms with Crippen molar-refractivity contribution in [2.45, 2.75) is 0 Å². The molecule has 0 amide bonds. The number of rotatable bonds is 3. The van der Waals surface area contributed by atoms with Crippen molar-refractivity contribution in [1.29, 1.82) is 0 Å². The molecule has 3 rings (SSSR count). The maximum absolute atomic E-state index is 13.2. The quantitative estimate of drug-likeness (QED) is 0.789. The van der Waals surface area contributed by atoms with Gasteiger partial charge in [0.15, 0.2) is 0 Å². The lowest BCUT2D eigenvalue weighted by Crippen LogP contribution is -1.99. The van der Waals surface area contributed by atoms with E-state index in [1.807, 2.05) is 24.3 Å². The minimum atomic E-state index is -0.352. The fraction of sp³-hybridized carbons (Fsp3) is 0.0667. The van der Waals surface area contributed by atoms with E-state index in [1.165, 1.54) is 12.1 Å².